The lowest BCUT2D eigenvalue weighted by Crippen LogP contribution is -2.30. The predicted octanol–water partition coefficient (Wildman–Crippen LogP) is 1.84. The fraction of sp³-hybridized carbons (Fsp3) is 0.333. The van der Waals surface area contributed by atoms with E-state index in [9.17, 15) is 4.79 Å². The van der Waals surface area contributed by atoms with E-state index in [1.165, 1.54) is 0 Å². The van der Waals surface area contributed by atoms with Crippen LogP contribution in [0.15, 0.2) is 36.4 Å². The Morgan fingerprint density at radius 2 is 2.21 bits per heavy atom. The second kappa shape index (κ2) is 4.31. The van der Waals surface area contributed by atoms with Gasteiger partial charge in [-0.1, -0.05) is 24.3 Å². The van der Waals surface area contributed by atoms with Crippen LogP contribution in [0.1, 0.15) is 18.0 Å². The maximum Gasteiger partial charge on any atom is 0.226 e. The molecule has 2 N–H and O–H groups in total. The average Bonchev–Trinajstić information content (AvgIpc) is 3.15. The number of methoxy groups -OCH3 is 1. The van der Waals surface area contributed by atoms with E-state index >= 15 is 0 Å². The van der Waals surface area contributed by atoms with Gasteiger partial charge in [0.1, 0.15) is 0 Å². The number of amides is 1. The summed E-state index contributed by atoms with van der Waals surface area (Å²) < 4.78 is 5.14. The molecule has 1 saturated carbocycles. The van der Waals surface area contributed by atoms with Crippen LogP contribution >= 0.6 is 0 Å². The van der Waals surface area contributed by atoms with Crippen molar-refractivity contribution in [3.63, 3.8) is 0 Å². The predicted molar refractivity (Wildman–Crippen MR) is 72.6 cm³/mol. The first-order valence-corrected chi connectivity index (χ1v) is 6.32. The fourth-order valence-corrected chi connectivity index (χ4v) is 2.73. The van der Waals surface area contributed by atoms with Crippen LogP contribution in [0.4, 0.5) is 0 Å². The molecule has 1 fully saturated rings. The van der Waals surface area contributed by atoms with Gasteiger partial charge in [-0.2, -0.15) is 0 Å². The van der Waals surface area contributed by atoms with Gasteiger partial charge in [0.15, 0.2) is 0 Å². The van der Waals surface area contributed by atoms with Crippen molar-refractivity contribution in [1.29, 1.82) is 0 Å². The van der Waals surface area contributed by atoms with Gasteiger partial charge < -0.3 is 10.5 Å². The lowest BCUT2D eigenvalue weighted by atomic mass is 10.0. The SMILES string of the molecule is COCC1(C(N)=O)CC1c1ccc2ccccc2n1. The summed E-state index contributed by atoms with van der Waals surface area (Å²) in [6, 6.07) is 12.0. The maximum absolute atomic E-state index is 11.6. The quantitative estimate of drug-likeness (QED) is 0.907. The highest BCUT2D eigenvalue weighted by atomic mass is 16.5. The molecule has 3 rings (SSSR count). The Morgan fingerprint density at radius 1 is 1.42 bits per heavy atom. The number of rotatable bonds is 4. The summed E-state index contributed by atoms with van der Waals surface area (Å²) in [5.41, 5.74) is 6.82. The summed E-state index contributed by atoms with van der Waals surface area (Å²) in [6.45, 7) is 0.363. The van der Waals surface area contributed by atoms with Gasteiger partial charge in [0.05, 0.1) is 17.5 Å². The van der Waals surface area contributed by atoms with Crippen LogP contribution in [0, 0.1) is 5.41 Å². The number of benzene rings is 1. The second-order valence-corrected chi connectivity index (χ2v) is 5.14. The summed E-state index contributed by atoms with van der Waals surface area (Å²) in [6.07, 6.45) is 0.724. The zero-order valence-electron chi connectivity index (χ0n) is 10.8. The van der Waals surface area contributed by atoms with Gasteiger partial charge in [0.2, 0.25) is 5.91 Å². The molecule has 2 atom stereocenters. The number of hydrogen-bond acceptors (Lipinski definition) is 3. The Balaban J connectivity index is 1.96. The van der Waals surface area contributed by atoms with E-state index in [2.05, 4.69) is 4.98 Å². The number of hydrogen-bond donors (Lipinski definition) is 1. The number of aromatic nitrogens is 1. The Morgan fingerprint density at radius 3 is 2.95 bits per heavy atom. The molecule has 4 nitrogen and oxygen atoms in total. The van der Waals surface area contributed by atoms with E-state index in [-0.39, 0.29) is 11.8 Å². The highest BCUT2D eigenvalue weighted by Gasteiger charge is 2.60. The van der Waals surface area contributed by atoms with Gasteiger partial charge in [0, 0.05) is 24.1 Å². The third kappa shape index (κ3) is 1.88. The van der Waals surface area contributed by atoms with E-state index in [0.717, 1.165) is 23.0 Å². The molecule has 2 aromatic rings. The van der Waals surface area contributed by atoms with Crippen molar-refractivity contribution in [2.75, 3.05) is 13.7 Å². The number of primary amides is 1. The Labute approximate surface area is 111 Å². The molecule has 2 unspecified atom stereocenters. The molecule has 1 aliphatic carbocycles. The molecule has 1 aliphatic rings. The van der Waals surface area contributed by atoms with Crippen molar-refractivity contribution in [3.05, 3.63) is 42.1 Å². The van der Waals surface area contributed by atoms with Gasteiger partial charge >= 0.3 is 0 Å². The summed E-state index contributed by atoms with van der Waals surface area (Å²) in [4.78, 5) is 16.3. The first-order chi connectivity index (χ1) is 9.17. The molecule has 0 radical (unpaired) electrons. The summed E-state index contributed by atoms with van der Waals surface area (Å²) >= 11 is 0. The molecular weight excluding hydrogens is 240 g/mol. The van der Waals surface area contributed by atoms with E-state index < -0.39 is 5.41 Å². The number of carbonyl (C=O) groups excluding carboxylic acids is 1. The van der Waals surface area contributed by atoms with Crippen LogP contribution in [0.2, 0.25) is 0 Å². The minimum atomic E-state index is -0.565. The number of para-hydroxylation sites is 1. The van der Waals surface area contributed by atoms with Crippen molar-refractivity contribution in [2.24, 2.45) is 11.1 Å². The number of nitrogens with zero attached hydrogens (tertiary/aromatic N) is 1. The highest BCUT2D eigenvalue weighted by Crippen LogP contribution is 2.58. The molecule has 0 aliphatic heterocycles. The molecule has 0 saturated heterocycles. The van der Waals surface area contributed by atoms with Crippen LogP contribution in [0.25, 0.3) is 10.9 Å². The average molecular weight is 256 g/mol. The first kappa shape index (κ1) is 12.1. The lowest BCUT2D eigenvalue weighted by Gasteiger charge is -2.12. The van der Waals surface area contributed by atoms with E-state index in [1.54, 1.807) is 7.11 Å². The lowest BCUT2D eigenvalue weighted by molar-refractivity contribution is -0.125. The van der Waals surface area contributed by atoms with Crippen LogP contribution in [-0.4, -0.2) is 24.6 Å². The van der Waals surface area contributed by atoms with Crippen LogP contribution in [0.3, 0.4) is 0 Å². The summed E-state index contributed by atoms with van der Waals surface area (Å²) in [5.74, 6) is -0.219. The number of carbonyl (C=O) groups is 1. The summed E-state index contributed by atoms with van der Waals surface area (Å²) in [5, 5.41) is 1.10. The second-order valence-electron chi connectivity index (χ2n) is 5.14. The standard InChI is InChI=1S/C15H16N2O2/c1-19-9-15(14(16)18)8-11(15)13-7-6-10-4-2-3-5-12(10)17-13/h2-7,11H,8-9H2,1H3,(H2,16,18). The molecule has 19 heavy (non-hydrogen) atoms. The minimum Gasteiger partial charge on any atom is -0.384 e. The maximum atomic E-state index is 11.6. The van der Waals surface area contributed by atoms with Gasteiger partial charge in [-0.05, 0) is 18.6 Å². The summed E-state index contributed by atoms with van der Waals surface area (Å²) in [7, 11) is 1.59. The molecular formula is C15H16N2O2. The van der Waals surface area contributed by atoms with Gasteiger partial charge in [0.25, 0.3) is 0 Å². The molecule has 0 spiro atoms. The van der Waals surface area contributed by atoms with Gasteiger partial charge in [-0.3, -0.25) is 9.78 Å². The Hall–Kier alpha value is -1.94. The number of fused-ring (bicyclic) bond motifs is 1. The van der Waals surface area contributed by atoms with Crippen molar-refractivity contribution < 1.29 is 9.53 Å². The van der Waals surface area contributed by atoms with Crippen LogP contribution in [0.5, 0.6) is 0 Å². The van der Waals surface area contributed by atoms with E-state index in [4.69, 9.17) is 10.5 Å². The highest BCUT2D eigenvalue weighted by molar-refractivity contribution is 5.86. The fourth-order valence-electron chi connectivity index (χ4n) is 2.73. The Kier molecular flexibility index (Phi) is 2.75. The van der Waals surface area contributed by atoms with Crippen molar-refractivity contribution in [1.82, 2.24) is 4.98 Å². The van der Waals surface area contributed by atoms with Crippen LogP contribution in [-0.2, 0) is 9.53 Å². The monoisotopic (exact) mass is 256 g/mol. The molecule has 1 aromatic carbocycles. The van der Waals surface area contributed by atoms with Crippen LogP contribution < -0.4 is 5.73 Å². The number of pyridine rings is 1. The van der Waals surface area contributed by atoms with Crippen molar-refractivity contribution in [2.45, 2.75) is 12.3 Å². The zero-order chi connectivity index (χ0) is 13.5. The van der Waals surface area contributed by atoms with Crippen molar-refractivity contribution >= 4 is 16.8 Å². The molecule has 1 amide bonds. The molecule has 0 bridgehead atoms. The molecule has 1 aromatic heterocycles. The number of nitrogens with two attached hydrogens (primary N) is 1. The minimum absolute atomic E-state index is 0.0783. The molecule has 4 heteroatoms. The molecule has 98 valence electrons. The zero-order valence-corrected chi connectivity index (χ0v) is 10.8. The normalized spacial score (nSPS) is 25.4. The molecule has 1 heterocycles. The van der Waals surface area contributed by atoms with Crippen molar-refractivity contribution in [3.8, 4) is 0 Å². The smallest absolute Gasteiger partial charge is 0.226 e. The topological polar surface area (TPSA) is 65.2 Å². The first-order valence-electron chi connectivity index (χ1n) is 6.32. The third-order valence-electron chi connectivity index (χ3n) is 3.94. The van der Waals surface area contributed by atoms with Gasteiger partial charge in [-0.15, -0.1) is 0 Å². The van der Waals surface area contributed by atoms with Gasteiger partial charge in [-0.25, -0.2) is 0 Å². The number of ether oxygens (including phenoxy) is 1. The van der Waals surface area contributed by atoms with E-state index in [1.807, 2.05) is 36.4 Å². The third-order valence-corrected chi connectivity index (χ3v) is 3.94. The van der Waals surface area contributed by atoms with E-state index in [0.29, 0.717) is 6.61 Å². The Bertz CT molecular complexity index is 641. The largest absolute Gasteiger partial charge is 0.384 e.